The van der Waals surface area contributed by atoms with E-state index in [1.54, 1.807) is 24.3 Å². The van der Waals surface area contributed by atoms with Gasteiger partial charge in [-0.25, -0.2) is 14.3 Å². The van der Waals surface area contributed by atoms with E-state index < -0.39 is 11.8 Å². The summed E-state index contributed by atoms with van der Waals surface area (Å²) in [6.07, 6.45) is 1.38. The van der Waals surface area contributed by atoms with Crippen LogP contribution >= 0.6 is 0 Å². The maximum Gasteiger partial charge on any atom is 0.267 e. The van der Waals surface area contributed by atoms with Gasteiger partial charge in [-0.1, -0.05) is 26.0 Å². The predicted octanol–water partition coefficient (Wildman–Crippen LogP) is 4.69. The van der Waals surface area contributed by atoms with E-state index in [1.807, 2.05) is 12.1 Å². The van der Waals surface area contributed by atoms with Crippen LogP contribution in [0.15, 0.2) is 54.7 Å². The van der Waals surface area contributed by atoms with E-state index in [0.717, 1.165) is 10.5 Å². The number of carbonyl (C=O) groups is 2. The standard InChI is InChI=1S/C23H17FN4O2/c1-12(2)13-5-9-16(10-6-13)28-22(29)17-11-25-21-19(18(17)23(28)30)20(26-27-21)14-3-7-15(24)8-4-14/h3-12H,1-2H3,(H,25,26,27). The van der Waals surface area contributed by atoms with Gasteiger partial charge in [0.15, 0.2) is 5.65 Å². The molecule has 3 heterocycles. The number of hydrogen-bond donors (Lipinski definition) is 1. The van der Waals surface area contributed by atoms with Gasteiger partial charge < -0.3 is 0 Å². The lowest BCUT2D eigenvalue weighted by molar-refractivity contribution is 0.0926. The second-order valence-corrected chi connectivity index (χ2v) is 7.54. The van der Waals surface area contributed by atoms with Crippen molar-refractivity contribution >= 4 is 28.5 Å². The van der Waals surface area contributed by atoms with E-state index in [2.05, 4.69) is 29.0 Å². The molecule has 2 aromatic heterocycles. The molecule has 2 aromatic carbocycles. The Morgan fingerprint density at radius 3 is 2.33 bits per heavy atom. The van der Waals surface area contributed by atoms with E-state index in [-0.39, 0.29) is 16.9 Å². The molecule has 6 nitrogen and oxygen atoms in total. The van der Waals surface area contributed by atoms with E-state index in [0.29, 0.717) is 33.9 Å². The molecular formula is C23H17FN4O2. The minimum absolute atomic E-state index is 0.227. The molecular weight excluding hydrogens is 383 g/mol. The highest BCUT2D eigenvalue weighted by molar-refractivity contribution is 6.38. The summed E-state index contributed by atoms with van der Waals surface area (Å²) < 4.78 is 13.3. The average molecular weight is 400 g/mol. The van der Waals surface area contributed by atoms with Crippen LogP contribution in [-0.2, 0) is 0 Å². The molecule has 4 aromatic rings. The van der Waals surface area contributed by atoms with Crippen LogP contribution in [0.25, 0.3) is 22.3 Å². The fraction of sp³-hybridized carbons (Fsp3) is 0.130. The topological polar surface area (TPSA) is 79.0 Å². The van der Waals surface area contributed by atoms with Crippen molar-refractivity contribution in [2.24, 2.45) is 0 Å². The first-order valence-electron chi connectivity index (χ1n) is 9.57. The molecule has 5 rings (SSSR count). The molecule has 148 valence electrons. The zero-order valence-corrected chi connectivity index (χ0v) is 16.3. The summed E-state index contributed by atoms with van der Waals surface area (Å²) in [4.78, 5) is 31.8. The first-order chi connectivity index (χ1) is 14.5. The van der Waals surface area contributed by atoms with Gasteiger partial charge in [-0.2, -0.15) is 5.10 Å². The highest BCUT2D eigenvalue weighted by atomic mass is 19.1. The van der Waals surface area contributed by atoms with Gasteiger partial charge in [-0.05, 0) is 47.9 Å². The van der Waals surface area contributed by atoms with Gasteiger partial charge in [0.2, 0.25) is 0 Å². The van der Waals surface area contributed by atoms with Crippen molar-refractivity contribution in [2.45, 2.75) is 19.8 Å². The fourth-order valence-corrected chi connectivity index (χ4v) is 3.76. The summed E-state index contributed by atoms with van der Waals surface area (Å²) in [5, 5.41) is 7.50. The van der Waals surface area contributed by atoms with Gasteiger partial charge in [-0.3, -0.25) is 14.7 Å². The van der Waals surface area contributed by atoms with Crippen LogP contribution in [0.2, 0.25) is 0 Å². The van der Waals surface area contributed by atoms with Crippen LogP contribution in [0.3, 0.4) is 0 Å². The van der Waals surface area contributed by atoms with E-state index in [9.17, 15) is 14.0 Å². The summed E-state index contributed by atoms with van der Waals surface area (Å²) >= 11 is 0. The number of nitrogens with zero attached hydrogens (tertiary/aromatic N) is 3. The lowest BCUT2D eigenvalue weighted by atomic mass is 10.0. The predicted molar refractivity (Wildman–Crippen MR) is 111 cm³/mol. The Balaban J connectivity index is 1.66. The molecule has 1 aliphatic rings. The molecule has 2 amide bonds. The van der Waals surface area contributed by atoms with Crippen LogP contribution in [0.1, 0.15) is 46.0 Å². The molecule has 7 heteroatoms. The minimum Gasteiger partial charge on any atom is -0.275 e. The number of nitrogens with one attached hydrogen (secondary N) is 1. The Labute approximate surface area is 171 Å². The number of imide groups is 1. The molecule has 0 radical (unpaired) electrons. The number of halogens is 1. The number of hydrogen-bond acceptors (Lipinski definition) is 4. The van der Waals surface area contributed by atoms with Crippen molar-refractivity contribution in [3.63, 3.8) is 0 Å². The van der Waals surface area contributed by atoms with E-state index in [4.69, 9.17) is 0 Å². The van der Waals surface area contributed by atoms with Crippen molar-refractivity contribution in [3.05, 3.63) is 77.2 Å². The van der Waals surface area contributed by atoms with Gasteiger partial charge in [0.1, 0.15) is 5.82 Å². The van der Waals surface area contributed by atoms with Crippen LogP contribution in [0.4, 0.5) is 10.1 Å². The molecule has 0 saturated heterocycles. The SMILES string of the molecule is CC(C)c1ccc(N2C(=O)c3cnc4n[nH]c(-c5ccc(F)cc5)c4c3C2=O)cc1. The summed E-state index contributed by atoms with van der Waals surface area (Å²) in [5.74, 6) is -0.875. The Bertz CT molecular complexity index is 1310. The van der Waals surface area contributed by atoms with Crippen LogP contribution in [0, 0.1) is 5.82 Å². The van der Waals surface area contributed by atoms with Crippen LogP contribution in [0.5, 0.6) is 0 Å². The molecule has 0 atom stereocenters. The number of aromatic amines is 1. The van der Waals surface area contributed by atoms with Gasteiger partial charge in [-0.15, -0.1) is 0 Å². The van der Waals surface area contributed by atoms with Gasteiger partial charge in [0.05, 0.1) is 27.9 Å². The Kier molecular flexibility index (Phi) is 3.99. The second-order valence-electron chi connectivity index (χ2n) is 7.54. The molecule has 0 fully saturated rings. The average Bonchev–Trinajstić information content (AvgIpc) is 3.28. The number of benzene rings is 2. The first kappa shape index (κ1) is 18.2. The number of H-pyrrole nitrogens is 1. The maximum absolute atomic E-state index is 13.4. The summed E-state index contributed by atoms with van der Waals surface area (Å²) in [5.41, 5.74) is 3.60. The number of aromatic nitrogens is 3. The molecule has 0 unspecified atom stereocenters. The number of anilines is 1. The number of amides is 2. The second kappa shape index (κ2) is 6.59. The third-order valence-electron chi connectivity index (χ3n) is 5.38. The number of rotatable bonds is 3. The molecule has 0 saturated carbocycles. The summed E-state index contributed by atoms with van der Waals surface area (Å²) in [7, 11) is 0. The molecule has 0 bridgehead atoms. The van der Waals surface area contributed by atoms with Crippen LogP contribution in [-0.4, -0.2) is 27.0 Å². The number of pyridine rings is 1. The van der Waals surface area contributed by atoms with Crippen molar-refractivity contribution in [1.82, 2.24) is 15.2 Å². The van der Waals surface area contributed by atoms with E-state index in [1.165, 1.54) is 18.3 Å². The smallest absolute Gasteiger partial charge is 0.267 e. The molecule has 1 aliphatic heterocycles. The maximum atomic E-state index is 13.4. The van der Waals surface area contributed by atoms with Gasteiger partial charge in [0.25, 0.3) is 11.8 Å². The molecule has 0 aliphatic carbocycles. The van der Waals surface area contributed by atoms with Gasteiger partial charge in [0, 0.05) is 11.8 Å². The largest absolute Gasteiger partial charge is 0.275 e. The highest BCUT2D eigenvalue weighted by Gasteiger charge is 2.40. The summed E-state index contributed by atoms with van der Waals surface area (Å²) in [6, 6.07) is 13.2. The van der Waals surface area contributed by atoms with Gasteiger partial charge >= 0.3 is 0 Å². The minimum atomic E-state index is -0.426. The van der Waals surface area contributed by atoms with Crippen molar-refractivity contribution in [3.8, 4) is 11.3 Å². The zero-order chi connectivity index (χ0) is 21.0. The van der Waals surface area contributed by atoms with Crippen LogP contribution < -0.4 is 4.90 Å². The lowest BCUT2D eigenvalue weighted by Crippen LogP contribution is -2.29. The third kappa shape index (κ3) is 2.62. The lowest BCUT2D eigenvalue weighted by Gasteiger charge is -2.15. The quantitative estimate of drug-likeness (QED) is 0.506. The van der Waals surface area contributed by atoms with Crippen molar-refractivity contribution in [1.29, 1.82) is 0 Å². The van der Waals surface area contributed by atoms with E-state index >= 15 is 0 Å². The Hall–Kier alpha value is -3.87. The third-order valence-corrected chi connectivity index (χ3v) is 5.38. The van der Waals surface area contributed by atoms with Crippen molar-refractivity contribution in [2.75, 3.05) is 4.90 Å². The first-order valence-corrected chi connectivity index (χ1v) is 9.57. The summed E-state index contributed by atoms with van der Waals surface area (Å²) in [6.45, 7) is 4.16. The van der Waals surface area contributed by atoms with Crippen molar-refractivity contribution < 1.29 is 14.0 Å². The molecule has 30 heavy (non-hydrogen) atoms. The monoisotopic (exact) mass is 400 g/mol. The number of fused-ring (bicyclic) bond motifs is 3. The molecule has 0 spiro atoms. The zero-order valence-electron chi connectivity index (χ0n) is 16.3. The highest BCUT2D eigenvalue weighted by Crippen LogP contribution is 2.36. The normalized spacial score (nSPS) is 13.5. The Morgan fingerprint density at radius 2 is 1.67 bits per heavy atom. The molecule has 1 N–H and O–H groups in total. The fourth-order valence-electron chi connectivity index (χ4n) is 3.76. The Morgan fingerprint density at radius 1 is 0.967 bits per heavy atom. The number of carbonyl (C=O) groups excluding carboxylic acids is 2.